The van der Waals surface area contributed by atoms with Gasteiger partial charge in [0.05, 0.1) is 0 Å². The number of rotatable bonds is 2. The molecule has 74 valence electrons. The highest BCUT2D eigenvalue weighted by molar-refractivity contribution is 5.12. The van der Waals surface area contributed by atoms with E-state index in [4.69, 9.17) is 0 Å². The van der Waals surface area contributed by atoms with Crippen molar-refractivity contribution in [3.05, 3.63) is 29.6 Å². The summed E-state index contributed by atoms with van der Waals surface area (Å²) in [7, 11) is 0. The maximum atomic E-state index is 4.32. The summed E-state index contributed by atoms with van der Waals surface area (Å²) in [5.74, 6) is 0.699. The molecule has 0 radical (unpaired) electrons. The van der Waals surface area contributed by atoms with Gasteiger partial charge in [0.15, 0.2) is 0 Å². The van der Waals surface area contributed by atoms with E-state index >= 15 is 0 Å². The van der Waals surface area contributed by atoms with Crippen molar-refractivity contribution >= 4 is 0 Å². The molecule has 1 heteroatoms. The van der Waals surface area contributed by atoms with E-state index < -0.39 is 0 Å². The molecule has 0 amide bonds. The van der Waals surface area contributed by atoms with Crippen LogP contribution in [0, 0.1) is 12.8 Å². The SMILES string of the molecule is CC.Cc1ccc(CC(C)C)nc1. The van der Waals surface area contributed by atoms with Crippen molar-refractivity contribution < 1.29 is 0 Å². The number of hydrogen-bond donors (Lipinski definition) is 0. The summed E-state index contributed by atoms with van der Waals surface area (Å²) in [6, 6.07) is 4.22. The molecule has 1 rings (SSSR count). The number of aryl methyl sites for hydroxylation is 1. The van der Waals surface area contributed by atoms with Gasteiger partial charge < -0.3 is 0 Å². The first kappa shape index (κ1) is 12.2. The predicted octanol–water partition coefficient (Wildman–Crippen LogP) is 3.61. The van der Waals surface area contributed by atoms with E-state index in [1.807, 2.05) is 20.0 Å². The molecule has 1 nitrogen and oxygen atoms in total. The highest BCUT2D eigenvalue weighted by Crippen LogP contribution is 2.05. The molecular weight excluding hydrogens is 158 g/mol. The molecule has 0 fully saturated rings. The van der Waals surface area contributed by atoms with Crippen LogP contribution in [-0.2, 0) is 6.42 Å². The normalized spacial score (nSPS) is 9.38. The number of nitrogens with zero attached hydrogens (tertiary/aromatic N) is 1. The molecule has 0 N–H and O–H groups in total. The fraction of sp³-hybridized carbons (Fsp3) is 0.583. The number of pyridine rings is 1. The molecule has 1 aromatic heterocycles. The summed E-state index contributed by atoms with van der Waals surface area (Å²) in [5.41, 5.74) is 2.43. The van der Waals surface area contributed by atoms with Gasteiger partial charge in [-0.2, -0.15) is 0 Å². The second kappa shape index (κ2) is 6.64. The van der Waals surface area contributed by atoms with Crippen LogP contribution in [-0.4, -0.2) is 4.98 Å². The fourth-order valence-electron chi connectivity index (χ4n) is 1.04. The second-order valence-corrected chi connectivity index (χ2v) is 3.42. The standard InChI is InChI=1S/C10H15N.C2H6/c1-8(2)6-10-5-4-9(3)7-11-10;1-2/h4-5,7-8H,6H2,1-3H3;1-2H3. The minimum absolute atomic E-state index is 0.699. The van der Waals surface area contributed by atoms with E-state index in [9.17, 15) is 0 Å². The Morgan fingerprint density at radius 2 is 1.85 bits per heavy atom. The Morgan fingerprint density at radius 3 is 2.23 bits per heavy atom. The molecule has 13 heavy (non-hydrogen) atoms. The summed E-state index contributed by atoms with van der Waals surface area (Å²) in [6.45, 7) is 10.5. The molecule has 0 aromatic carbocycles. The smallest absolute Gasteiger partial charge is 0.0406 e. The van der Waals surface area contributed by atoms with Crippen molar-refractivity contribution in [2.24, 2.45) is 5.92 Å². The minimum atomic E-state index is 0.699. The van der Waals surface area contributed by atoms with Crippen LogP contribution in [0.15, 0.2) is 18.3 Å². The van der Waals surface area contributed by atoms with Gasteiger partial charge in [-0.15, -0.1) is 0 Å². The van der Waals surface area contributed by atoms with Crippen molar-refractivity contribution in [2.75, 3.05) is 0 Å². The molecule has 1 aromatic rings. The lowest BCUT2D eigenvalue weighted by molar-refractivity contribution is 0.635. The quantitative estimate of drug-likeness (QED) is 0.675. The average Bonchev–Trinajstić information content (AvgIpc) is 2.12. The zero-order valence-corrected chi connectivity index (χ0v) is 9.46. The lowest BCUT2D eigenvalue weighted by atomic mass is 10.1. The zero-order chi connectivity index (χ0) is 10.3. The average molecular weight is 179 g/mol. The Balaban J connectivity index is 0.000000671. The van der Waals surface area contributed by atoms with Crippen LogP contribution in [0.4, 0.5) is 0 Å². The van der Waals surface area contributed by atoms with Gasteiger partial charge in [-0.3, -0.25) is 4.98 Å². The molecule has 0 aliphatic carbocycles. The summed E-state index contributed by atoms with van der Waals surface area (Å²) in [5, 5.41) is 0. The Labute approximate surface area is 82.2 Å². The first-order valence-corrected chi connectivity index (χ1v) is 5.10. The maximum absolute atomic E-state index is 4.32. The zero-order valence-electron chi connectivity index (χ0n) is 9.46. The third-order valence-corrected chi connectivity index (χ3v) is 1.59. The van der Waals surface area contributed by atoms with E-state index in [0.717, 1.165) is 6.42 Å². The maximum Gasteiger partial charge on any atom is 0.0406 e. The molecule has 1 heterocycles. The van der Waals surface area contributed by atoms with Gasteiger partial charge in [0.25, 0.3) is 0 Å². The molecule has 0 saturated carbocycles. The van der Waals surface area contributed by atoms with Crippen LogP contribution < -0.4 is 0 Å². The van der Waals surface area contributed by atoms with Crippen LogP contribution in [0.2, 0.25) is 0 Å². The summed E-state index contributed by atoms with van der Waals surface area (Å²) in [6.07, 6.45) is 3.01. The number of hydrogen-bond acceptors (Lipinski definition) is 1. The lowest BCUT2D eigenvalue weighted by Crippen LogP contribution is -1.96. The molecule has 0 bridgehead atoms. The van der Waals surface area contributed by atoms with E-state index in [2.05, 4.69) is 37.9 Å². The first-order chi connectivity index (χ1) is 6.18. The summed E-state index contributed by atoms with van der Waals surface area (Å²) >= 11 is 0. The van der Waals surface area contributed by atoms with Crippen molar-refractivity contribution in [3.8, 4) is 0 Å². The van der Waals surface area contributed by atoms with Gasteiger partial charge in [-0.25, -0.2) is 0 Å². The van der Waals surface area contributed by atoms with Crippen LogP contribution in [0.5, 0.6) is 0 Å². The highest BCUT2D eigenvalue weighted by atomic mass is 14.7. The topological polar surface area (TPSA) is 12.9 Å². The third kappa shape index (κ3) is 5.40. The van der Waals surface area contributed by atoms with Crippen LogP contribution in [0.25, 0.3) is 0 Å². The molecule has 0 saturated heterocycles. The molecule has 0 unspecified atom stereocenters. The Morgan fingerprint density at radius 1 is 1.23 bits per heavy atom. The minimum Gasteiger partial charge on any atom is -0.261 e. The molecule has 0 spiro atoms. The van der Waals surface area contributed by atoms with Crippen molar-refractivity contribution in [1.82, 2.24) is 4.98 Å². The lowest BCUT2D eigenvalue weighted by Gasteiger charge is -2.02. The highest BCUT2D eigenvalue weighted by Gasteiger charge is 1.97. The van der Waals surface area contributed by atoms with Gasteiger partial charge in [0.2, 0.25) is 0 Å². The number of aromatic nitrogens is 1. The monoisotopic (exact) mass is 179 g/mol. The second-order valence-electron chi connectivity index (χ2n) is 3.42. The summed E-state index contributed by atoms with van der Waals surface area (Å²) in [4.78, 5) is 4.32. The predicted molar refractivity (Wildman–Crippen MR) is 58.9 cm³/mol. The Hall–Kier alpha value is -0.850. The van der Waals surface area contributed by atoms with Gasteiger partial charge >= 0.3 is 0 Å². The third-order valence-electron chi connectivity index (χ3n) is 1.59. The van der Waals surface area contributed by atoms with Crippen LogP contribution in [0.3, 0.4) is 0 Å². The first-order valence-electron chi connectivity index (χ1n) is 5.10. The van der Waals surface area contributed by atoms with Gasteiger partial charge in [-0.1, -0.05) is 33.8 Å². The summed E-state index contributed by atoms with van der Waals surface area (Å²) < 4.78 is 0. The fourth-order valence-corrected chi connectivity index (χ4v) is 1.04. The van der Waals surface area contributed by atoms with E-state index in [1.165, 1.54) is 11.3 Å². The Bertz CT molecular complexity index is 211. The van der Waals surface area contributed by atoms with E-state index in [-0.39, 0.29) is 0 Å². The van der Waals surface area contributed by atoms with E-state index in [0.29, 0.717) is 5.92 Å². The Kier molecular flexibility index (Phi) is 6.21. The van der Waals surface area contributed by atoms with Crippen LogP contribution in [0.1, 0.15) is 39.0 Å². The van der Waals surface area contributed by atoms with Crippen LogP contribution >= 0.6 is 0 Å². The van der Waals surface area contributed by atoms with Crippen molar-refractivity contribution in [2.45, 2.75) is 41.0 Å². The molecule has 0 aliphatic heterocycles. The van der Waals surface area contributed by atoms with Gasteiger partial charge in [-0.05, 0) is 30.9 Å². The molecule has 0 aliphatic rings. The molecule has 0 atom stereocenters. The largest absolute Gasteiger partial charge is 0.261 e. The molecular formula is C12H21N. The van der Waals surface area contributed by atoms with Gasteiger partial charge in [0, 0.05) is 11.9 Å². The van der Waals surface area contributed by atoms with E-state index in [1.54, 1.807) is 0 Å². The van der Waals surface area contributed by atoms with Gasteiger partial charge in [0.1, 0.15) is 0 Å². The van der Waals surface area contributed by atoms with Crippen molar-refractivity contribution in [3.63, 3.8) is 0 Å². The van der Waals surface area contributed by atoms with Crippen molar-refractivity contribution in [1.29, 1.82) is 0 Å².